The average molecular weight is 202 g/mol. The number of imidazole rings is 1. The van der Waals surface area contributed by atoms with Crippen LogP contribution in [0.3, 0.4) is 0 Å². The minimum atomic E-state index is 0.605. The molecule has 15 heavy (non-hydrogen) atoms. The third-order valence-electron chi connectivity index (χ3n) is 3.04. The molecule has 78 valence electrons. The Kier molecular flexibility index (Phi) is 2.14. The normalized spacial score (nSPS) is 18.4. The first kappa shape index (κ1) is 8.85. The van der Waals surface area contributed by atoms with E-state index in [9.17, 15) is 0 Å². The molecule has 1 aliphatic rings. The minimum absolute atomic E-state index is 0.605. The molecule has 0 radical (unpaired) electrons. The Bertz CT molecular complexity index is 456. The van der Waals surface area contributed by atoms with Gasteiger partial charge in [-0.1, -0.05) is 0 Å². The van der Waals surface area contributed by atoms with Gasteiger partial charge in [0.25, 0.3) is 0 Å². The van der Waals surface area contributed by atoms with Gasteiger partial charge in [-0.3, -0.25) is 4.40 Å². The number of hydrogen-bond acceptors (Lipinski definition) is 3. The molecular formula is C11H14N4. The molecule has 4 nitrogen and oxygen atoms in total. The van der Waals surface area contributed by atoms with E-state index in [-0.39, 0.29) is 0 Å². The van der Waals surface area contributed by atoms with Crippen molar-refractivity contribution >= 4 is 5.78 Å². The second-order valence-electron chi connectivity index (χ2n) is 4.01. The van der Waals surface area contributed by atoms with Crippen LogP contribution in [0.15, 0.2) is 24.7 Å². The van der Waals surface area contributed by atoms with E-state index in [1.54, 1.807) is 6.20 Å². The van der Waals surface area contributed by atoms with E-state index >= 15 is 0 Å². The van der Waals surface area contributed by atoms with Crippen molar-refractivity contribution in [3.05, 3.63) is 30.4 Å². The highest BCUT2D eigenvalue weighted by Gasteiger charge is 2.16. The fourth-order valence-electron chi connectivity index (χ4n) is 2.16. The Labute approximate surface area is 88.4 Å². The Morgan fingerprint density at radius 1 is 1.27 bits per heavy atom. The maximum Gasteiger partial charge on any atom is 0.233 e. The number of fused-ring (bicyclic) bond motifs is 1. The molecule has 4 heteroatoms. The molecule has 2 aromatic heterocycles. The van der Waals surface area contributed by atoms with Gasteiger partial charge in [-0.25, -0.2) is 9.97 Å². The molecule has 0 saturated carbocycles. The first-order valence-corrected chi connectivity index (χ1v) is 5.44. The van der Waals surface area contributed by atoms with Crippen LogP contribution >= 0.6 is 0 Å². The van der Waals surface area contributed by atoms with Crippen molar-refractivity contribution in [2.24, 2.45) is 0 Å². The highest BCUT2D eigenvalue weighted by Crippen LogP contribution is 2.23. The van der Waals surface area contributed by atoms with Crippen molar-refractivity contribution in [2.45, 2.75) is 18.8 Å². The van der Waals surface area contributed by atoms with Gasteiger partial charge < -0.3 is 5.32 Å². The molecule has 0 spiro atoms. The van der Waals surface area contributed by atoms with Crippen LogP contribution in [0.25, 0.3) is 5.78 Å². The van der Waals surface area contributed by atoms with Crippen LogP contribution in [0.4, 0.5) is 0 Å². The number of rotatable bonds is 1. The molecule has 0 aliphatic carbocycles. The smallest absolute Gasteiger partial charge is 0.233 e. The Balaban J connectivity index is 1.95. The third-order valence-corrected chi connectivity index (χ3v) is 3.04. The largest absolute Gasteiger partial charge is 0.317 e. The van der Waals surface area contributed by atoms with Crippen LogP contribution in [0.5, 0.6) is 0 Å². The average Bonchev–Trinajstić information content (AvgIpc) is 2.77. The van der Waals surface area contributed by atoms with E-state index in [1.807, 2.05) is 16.8 Å². The van der Waals surface area contributed by atoms with Crippen LogP contribution in [0.2, 0.25) is 0 Å². The van der Waals surface area contributed by atoms with Crippen LogP contribution in [-0.2, 0) is 0 Å². The lowest BCUT2D eigenvalue weighted by Gasteiger charge is -2.21. The monoisotopic (exact) mass is 202 g/mol. The summed E-state index contributed by atoms with van der Waals surface area (Å²) in [7, 11) is 0. The minimum Gasteiger partial charge on any atom is -0.317 e. The molecule has 0 atom stereocenters. The molecular weight excluding hydrogens is 188 g/mol. The van der Waals surface area contributed by atoms with E-state index in [1.165, 1.54) is 18.5 Å². The van der Waals surface area contributed by atoms with Crippen molar-refractivity contribution in [3.63, 3.8) is 0 Å². The Hall–Kier alpha value is -1.42. The zero-order valence-electron chi connectivity index (χ0n) is 8.56. The summed E-state index contributed by atoms with van der Waals surface area (Å²) in [6.45, 7) is 2.21. The Morgan fingerprint density at radius 3 is 3.00 bits per heavy atom. The van der Waals surface area contributed by atoms with Crippen LogP contribution in [0.1, 0.15) is 24.5 Å². The summed E-state index contributed by atoms with van der Waals surface area (Å²) < 4.78 is 1.95. The molecule has 3 rings (SSSR count). The lowest BCUT2D eigenvalue weighted by atomic mass is 9.94. The topological polar surface area (TPSA) is 42.2 Å². The number of aromatic nitrogens is 3. The summed E-state index contributed by atoms with van der Waals surface area (Å²) in [5.74, 6) is 1.42. The van der Waals surface area contributed by atoms with E-state index in [0.717, 1.165) is 18.9 Å². The summed E-state index contributed by atoms with van der Waals surface area (Å²) in [4.78, 5) is 8.79. The molecule has 0 unspecified atom stereocenters. The zero-order valence-corrected chi connectivity index (χ0v) is 8.56. The summed E-state index contributed by atoms with van der Waals surface area (Å²) >= 11 is 0. The van der Waals surface area contributed by atoms with Crippen molar-refractivity contribution in [1.82, 2.24) is 19.7 Å². The predicted molar refractivity (Wildman–Crippen MR) is 57.8 cm³/mol. The highest BCUT2D eigenvalue weighted by molar-refractivity contribution is 5.30. The molecule has 3 heterocycles. The van der Waals surface area contributed by atoms with Gasteiger partial charge in [-0.15, -0.1) is 0 Å². The maximum absolute atomic E-state index is 4.58. The molecule has 0 amide bonds. The van der Waals surface area contributed by atoms with E-state index in [4.69, 9.17) is 0 Å². The van der Waals surface area contributed by atoms with Gasteiger partial charge in [0.2, 0.25) is 5.78 Å². The van der Waals surface area contributed by atoms with E-state index < -0.39 is 0 Å². The molecule has 0 bridgehead atoms. The number of nitrogens with zero attached hydrogens (tertiary/aromatic N) is 3. The van der Waals surface area contributed by atoms with Crippen molar-refractivity contribution in [1.29, 1.82) is 0 Å². The van der Waals surface area contributed by atoms with Gasteiger partial charge >= 0.3 is 0 Å². The molecule has 1 aliphatic heterocycles. The van der Waals surface area contributed by atoms with Gasteiger partial charge in [-0.2, -0.15) is 0 Å². The summed E-state index contributed by atoms with van der Waals surface area (Å²) in [5, 5.41) is 3.37. The lowest BCUT2D eigenvalue weighted by molar-refractivity contribution is 0.453. The first-order chi connectivity index (χ1) is 7.43. The zero-order chi connectivity index (χ0) is 10.1. The number of piperidine rings is 1. The predicted octanol–water partition coefficient (Wildman–Crippen LogP) is 1.20. The second-order valence-corrected chi connectivity index (χ2v) is 4.01. The van der Waals surface area contributed by atoms with Crippen molar-refractivity contribution < 1.29 is 0 Å². The number of nitrogens with one attached hydrogen (secondary N) is 1. The van der Waals surface area contributed by atoms with Gasteiger partial charge in [0, 0.05) is 30.2 Å². The maximum atomic E-state index is 4.58. The molecule has 2 aromatic rings. The number of hydrogen-bond donors (Lipinski definition) is 1. The van der Waals surface area contributed by atoms with Crippen LogP contribution < -0.4 is 5.32 Å². The lowest BCUT2D eigenvalue weighted by Crippen LogP contribution is -2.27. The highest BCUT2D eigenvalue weighted by atomic mass is 15.1. The van der Waals surface area contributed by atoms with Gasteiger partial charge in [0.1, 0.15) is 0 Å². The van der Waals surface area contributed by atoms with Crippen molar-refractivity contribution in [3.8, 4) is 0 Å². The Morgan fingerprint density at radius 2 is 2.13 bits per heavy atom. The summed E-state index contributed by atoms with van der Waals surface area (Å²) in [6.07, 6.45) is 8.13. The quantitative estimate of drug-likeness (QED) is 0.755. The first-order valence-electron chi connectivity index (χ1n) is 5.44. The summed E-state index contributed by atoms with van der Waals surface area (Å²) in [5.41, 5.74) is 1.19. The fraction of sp³-hybridized carbons (Fsp3) is 0.455. The molecule has 1 fully saturated rings. The molecule has 1 N–H and O–H groups in total. The van der Waals surface area contributed by atoms with Gasteiger partial charge in [0.15, 0.2) is 0 Å². The van der Waals surface area contributed by atoms with Gasteiger partial charge in [0.05, 0.1) is 0 Å². The van der Waals surface area contributed by atoms with Gasteiger partial charge in [-0.05, 0) is 32.0 Å². The SMILES string of the molecule is c1cn2ccc(C3CCNCC3)nc2n1. The summed E-state index contributed by atoms with van der Waals surface area (Å²) in [6, 6.07) is 2.12. The fourth-order valence-corrected chi connectivity index (χ4v) is 2.16. The molecule has 1 saturated heterocycles. The van der Waals surface area contributed by atoms with E-state index in [0.29, 0.717) is 5.92 Å². The second kappa shape index (κ2) is 3.62. The standard InChI is InChI=1S/C11H14N4/c1-4-12-5-2-9(1)10-3-7-15-8-6-13-11(15)14-10/h3,6-9,12H,1-2,4-5H2. The van der Waals surface area contributed by atoms with Crippen LogP contribution in [-0.4, -0.2) is 27.5 Å². The third kappa shape index (κ3) is 1.61. The molecule has 0 aromatic carbocycles. The van der Waals surface area contributed by atoms with Crippen molar-refractivity contribution in [2.75, 3.05) is 13.1 Å². The van der Waals surface area contributed by atoms with Crippen LogP contribution in [0, 0.1) is 0 Å². The van der Waals surface area contributed by atoms with E-state index in [2.05, 4.69) is 21.4 Å².